The second kappa shape index (κ2) is 10.3. The molecule has 4 rings (SSSR count). The van der Waals surface area contributed by atoms with E-state index >= 15 is 0 Å². The zero-order valence-corrected chi connectivity index (χ0v) is 20.7. The summed E-state index contributed by atoms with van der Waals surface area (Å²) in [7, 11) is -3.53. The van der Waals surface area contributed by atoms with Crippen LogP contribution in [0.4, 0.5) is 5.69 Å². The number of anilines is 1. The molecule has 0 saturated carbocycles. The van der Waals surface area contributed by atoms with Crippen LogP contribution in [-0.2, 0) is 21.2 Å². The van der Waals surface area contributed by atoms with E-state index in [1.807, 2.05) is 19.9 Å². The third-order valence-corrected chi connectivity index (χ3v) is 8.86. The number of hydrogen-bond acceptors (Lipinski definition) is 4. The number of fused-ring (bicyclic) bond motifs is 1. The quantitative estimate of drug-likeness (QED) is 0.652. The Bertz CT molecular complexity index is 1140. The van der Waals surface area contributed by atoms with E-state index in [9.17, 15) is 18.0 Å². The highest BCUT2D eigenvalue weighted by molar-refractivity contribution is 7.89. The zero-order chi connectivity index (χ0) is 24.3. The zero-order valence-electron chi connectivity index (χ0n) is 19.9. The number of piperidine rings is 1. The lowest BCUT2D eigenvalue weighted by atomic mass is 9.97. The molecule has 182 valence electrons. The lowest BCUT2D eigenvalue weighted by molar-refractivity contribution is -0.121. The van der Waals surface area contributed by atoms with Gasteiger partial charge in [-0.15, -0.1) is 0 Å². The van der Waals surface area contributed by atoms with Crippen LogP contribution in [0.5, 0.6) is 0 Å². The number of carbonyl (C=O) groups is 2. The fourth-order valence-electron chi connectivity index (χ4n) is 4.69. The second-order valence-electron chi connectivity index (χ2n) is 9.20. The minimum Gasteiger partial charge on any atom is -0.340 e. The summed E-state index contributed by atoms with van der Waals surface area (Å²) >= 11 is 0. The lowest BCUT2D eigenvalue weighted by Gasteiger charge is -2.29. The number of sulfonamides is 1. The maximum absolute atomic E-state index is 13.6. The highest BCUT2D eigenvalue weighted by Crippen LogP contribution is 2.33. The first-order chi connectivity index (χ1) is 16.3. The van der Waals surface area contributed by atoms with Crippen LogP contribution in [0.1, 0.15) is 55.5 Å². The van der Waals surface area contributed by atoms with E-state index in [0.29, 0.717) is 36.5 Å². The van der Waals surface area contributed by atoms with Crippen molar-refractivity contribution in [3.8, 4) is 0 Å². The van der Waals surface area contributed by atoms with E-state index in [4.69, 9.17) is 0 Å². The van der Waals surface area contributed by atoms with Gasteiger partial charge < -0.3 is 10.2 Å². The number of carbonyl (C=O) groups excluding carboxylic acids is 2. The fourth-order valence-corrected chi connectivity index (χ4v) is 6.26. The highest BCUT2D eigenvalue weighted by Gasteiger charge is 2.35. The summed E-state index contributed by atoms with van der Waals surface area (Å²) in [5, 5.41) is 2.94. The van der Waals surface area contributed by atoms with Crippen molar-refractivity contribution in [2.24, 2.45) is 5.92 Å². The Kier molecular flexibility index (Phi) is 7.38. The van der Waals surface area contributed by atoms with Crippen LogP contribution in [-0.4, -0.2) is 50.2 Å². The van der Waals surface area contributed by atoms with Crippen LogP contribution in [0.15, 0.2) is 53.4 Å². The Balaban J connectivity index is 1.55. The molecule has 0 unspecified atom stereocenters. The standard InChI is InChI=1S/C26H33N3O4S/c1-3-19(2)24(27-25(30)20-10-6-4-7-11-20)26(31)29-17-14-21-18-22(12-13-23(21)29)34(32,33)28-15-8-5-9-16-28/h4,6-7,10-13,18-19,24H,3,5,8-9,14-17H2,1-2H3,(H,27,30)/t19-,24-/m0/s1. The van der Waals surface area contributed by atoms with E-state index in [-0.39, 0.29) is 17.7 Å². The van der Waals surface area contributed by atoms with E-state index in [0.717, 1.165) is 36.9 Å². The normalized spacial score (nSPS) is 18.2. The van der Waals surface area contributed by atoms with Crippen molar-refractivity contribution in [2.75, 3.05) is 24.5 Å². The molecule has 0 spiro atoms. The number of rotatable bonds is 7. The van der Waals surface area contributed by atoms with Crippen molar-refractivity contribution in [1.29, 1.82) is 0 Å². The second-order valence-corrected chi connectivity index (χ2v) is 11.1. The van der Waals surface area contributed by atoms with Crippen molar-refractivity contribution in [2.45, 2.75) is 56.9 Å². The van der Waals surface area contributed by atoms with Gasteiger partial charge in [-0.1, -0.05) is 44.9 Å². The monoisotopic (exact) mass is 483 g/mol. The summed E-state index contributed by atoms with van der Waals surface area (Å²) < 4.78 is 27.7. The fraction of sp³-hybridized carbons (Fsp3) is 0.462. The third-order valence-electron chi connectivity index (χ3n) is 6.97. The molecular weight excluding hydrogens is 450 g/mol. The first kappa shape index (κ1) is 24.4. The van der Waals surface area contributed by atoms with Crippen LogP contribution in [0.2, 0.25) is 0 Å². The smallest absolute Gasteiger partial charge is 0.251 e. The summed E-state index contributed by atoms with van der Waals surface area (Å²) in [6.07, 6.45) is 4.16. The average molecular weight is 484 g/mol. The summed E-state index contributed by atoms with van der Waals surface area (Å²) in [4.78, 5) is 28.4. The van der Waals surface area contributed by atoms with Crippen LogP contribution in [0.3, 0.4) is 0 Å². The van der Waals surface area contributed by atoms with Gasteiger partial charge in [0.05, 0.1) is 4.90 Å². The van der Waals surface area contributed by atoms with Crippen molar-refractivity contribution < 1.29 is 18.0 Å². The van der Waals surface area contributed by atoms with E-state index < -0.39 is 16.1 Å². The topological polar surface area (TPSA) is 86.8 Å². The maximum Gasteiger partial charge on any atom is 0.251 e. The van der Waals surface area contributed by atoms with E-state index in [1.165, 1.54) is 0 Å². The molecule has 0 aliphatic carbocycles. The minimum atomic E-state index is -3.53. The number of nitrogens with one attached hydrogen (secondary N) is 1. The first-order valence-electron chi connectivity index (χ1n) is 12.1. The summed E-state index contributed by atoms with van der Waals surface area (Å²) in [6.45, 7) is 5.54. The molecule has 2 atom stereocenters. The molecule has 2 aliphatic heterocycles. The largest absolute Gasteiger partial charge is 0.340 e. The molecule has 1 N–H and O–H groups in total. The maximum atomic E-state index is 13.6. The predicted molar refractivity (Wildman–Crippen MR) is 132 cm³/mol. The lowest BCUT2D eigenvalue weighted by Crippen LogP contribution is -2.51. The van der Waals surface area contributed by atoms with E-state index in [2.05, 4.69) is 5.32 Å². The van der Waals surface area contributed by atoms with Gasteiger partial charge >= 0.3 is 0 Å². The van der Waals surface area contributed by atoms with Crippen molar-refractivity contribution >= 4 is 27.5 Å². The van der Waals surface area contributed by atoms with Crippen LogP contribution >= 0.6 is 0 Å². The SMILES string of the molecule is CC[C@H](C)[C@H](NC(=O)c1ccccc1)C(=O)N1CCc2cc(S(=O)(=O)N3CCCCC3)ccc21. The Hall–Kier alpha value is -2.71. The van der Waals surface area contributed by atoms with Gasteiger partial charge in [0, 0.05) is 30.9 Å². The Labute approximate surface area is 202 Å². The molecule has 8 heteroatoms. The minimum absolute atomic E-state index is 0.0528. The number of benzene rings is 2. The highest BCUT2D eigenvalue weighted by atomic mass is 32.2. The molecule has 0 bridgehead atoms. The number of hydrogen-bond donors (Lipinski definition) is 1. The molecule has 1 fully saturated rings. The van der Waals surface area contributed by atoms with Gasteiger partial charge in [-0.2, -0.15) is 4.31 Å². The van der Waals surface area contributed by atoms with Gasteiger partial charge in [-0.3, -0.25) is 9.59 Å². The number of amides is 2. The Morgan fingerprint density at radius 2 is 1.71 bits per heavy atom. The van der Waals surface area contributed by atoms with Crippen LogP contribution in [0, 0.1) is 5.92 Å². The molecule has 0 aromatic heterocycles. The van der Waals surface area contributed by atoms with Gasteiger partial charge in [-0.25, -0.2) is 8.42 Å². The molecule has 7 nitrogen and oxygen atoms in total. The molecule has 2 aliphatic rings. The molecule has 0 radical (unpaired) electrons. The molecule has 2 amide bonds. The van der Waals surface area contributed by atoms with Crippen LogP contribution < -0.4 is 10.2 Å². The van der Waals surface area contributed by atoms with Gasteiger partial charge in [0.1, 0.15) is 6.04 Å². The van der Waals surface area contributed by atoms with Gasteiger partial charge in [-0.05, 0) is 61.1 Å². The molecule has 34 heavy (non-hydrogen) atoms. The molecule has 2 aromatic rings. The van der Waals surface area contributed by atoms with Crippen molar-refractivity contribution in [3.05, 3.63) is 59.7 Å². The molecule has 1 saturated heterocycles. The summed E-state index contributed by atoms with van der Waals surface area (Å²) in [5.74, 6) is -0.492. The predicted octanol–water partition coefficient (Wildman–Crippen LogP) is 3.60. The molecule has 2 heterocycles. The Morgan fingerprint density at radius 1 is 1.00 bits per heavy atom. The van der Waals surface area contributed by atoms with Crippen LogP contribution in [0.25, 0.3) is 0 Å². The average Bonchev–Trinajstić information content (AvgIpc) is 3.30. The van der Waals surface area contributed by atoms with Gasteiger partial charge in [0.25, 0.3) is 5.91 Å². The van der Waals surface area contributed by atoms with Gasteiger partial charge in [0.15, 0.2) is 0 Å². The van der Waals surface area contributed by atoms with E-state index in [1.54, 1.807) is 51.7 Å². The summed E-state index contributed by atoms with van der Waals surface area (Å²) in [5.41, 5.74) is 2.09. The van der Waals surface area contributed by atoms with Crippen molar-refractivity contribution in [3.63, 3.8) is 0 Å². The molecule has 2 aromatic carbocycles. The third kappa shape index (κ3) is 4.88. The first-order valence-corrected chi connectivity index (χ1v) is 13.6. The molecular formula is C26H33N3O4S. The van der Waals surface area contributed by atoms with Gasteiger partial charge in [0.2, 0.25) is 15.9 Å². The number of nitrogens with zero attached hydrogens (tertiary/aromatic N) is 2. The van der Waals surface area contributed by atoms with Crippen molar-refractivity contribution in [1.82, 2.24) is 9.62 Å². The Morgan fingerprint density at radius 3 is 2.38 bits per heavy atom. The summed E-state index contributed by atoms with van der Waals surface area (Å²) in [6, 6.07) is 13.3.